The predicted octanol–water partition coefficient (Wildman–Crippen LogP) is 3.89. The van der Waals surface area contributed by atoms with Crippen molar-refractivity contribution in [1.82, 2.24) is 0 Å². The summed E-state index contributed by atoms with van der Waals surface area (Å²) in [4.78, 5) is 0. The highest BCUT2D eigenvalue weighted by molar-refractivity contribution is 5.99. The van der Waals surface area contributed by atoms with Crippen molar-refractivity contribution in [2.45, 2.75) is 26.7 Å². The summed E-state index contributed by atoms with van der Waals surface area (Å²) in [6.07, 6.45) is 1.08. The van der Waals surface area contributed by atoms with Gasteiger partial charge in [-0.3, -0.25) is 0 Å². The van der Waals surface area contributed by atoms with E-state index in [0.717, 1.165) is 23.1 Å². The second-order valence-electron chi connectivity index (χ2n) is 5.77. The van der Waals surface area contributed by atoms with Crippen LogP contribution in [0.15, 0.2) is 29.3 Å². The lowest BCUT2D eigenvalue weighted by molar-refractivity contribution is 0.646. The lowest BCUT2D eigenvalue weighted by Gasteiger charge is -2.12. The smallest absolute Gasteiger partial charge is 0.133 e. The van der Waals surface area contributed by atoms with Gasteiger partial charge in [-0.15, -0.1) is 0 Å². The zero-order valence-corrected chi connectivity index (χ0v) is 13.0. The molecule has 2 rings (SSSR count). The number of nitriles is 4. The Balaban J connectivity index is 2.86. The molecule has 0 N–H and O–H groups in total. The minimum atomic E-state index is 0.0400. The van der Waals surface area contributed by atoms with Crippen LogP contribution in [0.5, 0.6) is 0 Å². The molecule has 0 unspecified atom stereocenters. The highest BCUT2D eigenvalue weighted by Gasteiger charge is 2.29. The van der Waals surface area contributed by atoms with Gasteiger partial charge in [-0.2, -0.15) is 21.0 Å². The summed E-state index contributed by atoms with van der Waals surface area (Å²) >= 11 is 0. The molecule has 0 fully saturated rings. The summed E-state index contributed by atoms with van der Waals surface area (Å²) in [5, 5.41) is 36.9. The molecule has 0 atom stereocenters. The molecular formula is C19H14N4. The van der Waals surface area contributed by atoms with E-state index in [1.807, 2.05) is 42.5 Å². The van der Waals surface area contributed by atoms with E-state index in [4.69, 9.17) is 0 Å². The molecular weight excluding hydrogens is 284 g/mol. The van der Waals surface area contributed by atoms with Gasteiger partial charge in [-0.25, -0.2) is 0 Å². The molecule has 0 heterocycles. The topological polar surface area (TPSA) is 95.2 Å². The third kappa shape index (κ3) is 2.85. The molecule has 0 aliphatic heterocycles. The van der Waals surface area contributed by atoms with E-state index >= 15 is 0 Å². The van der Waals surface area contributed by atoms with Crippen molar-refractivity contribution in [3.8, 4) is 24.3 Å². The highest BCUT2D eigenvalue weighted by atomic mass is 14.4. The molecule has 1 aromatic rings. The maximum atomic E-state index is 9.25. The van der Waals surface area contributed by atoms with Gasteiger partial charge in [0, 0.05) is 6.42 Å². The Bertz CT molecular complexity index is 855. The molecule has 0 aromatic heterocycles. The Kier molecular flexibility index (Phi) is 4.61. The second kappa shape index (κ2) is 6.62. The van der Waals surface area contributed by atoms with Gasteiger partial charge < -0.3 is 0 Å². The van der Waals surface area contributed by atoms with Crippen LogP contribution in [0, 0.1) is 51.2 Å². The van der Waals surface area contributed by atoms with Crippen LogP contribution in [-0.2, 0) is 6.42 Å². The molecule has 0 amide bonds. The Hall–Kier alpha value is -3.34. The minimum Gasteiger partial charge on any atom is -0.192 e. The van der Waals surface area contributed by atoms with Crippen molar-refractivity contribution in [2.24, 2.45) is 5.92 Å². The Morgan fingerprint density at radius 3 is 2.04 bits per heavy atom. The molecule has 110 valence electrons. The standard InChI is InChI=1S/C19H14N4/c1-12(2)6-13-4-3-5-16-17(14(8-20)9-21)7-18(19(13)16)15(10-22)11-23/h3-5,12H,6-7H2,1-2H3. The SMILES string of the molecule is CC(C)Cc1cccc2c1C(=C(C#N)C#N)CC2=C(C#N)C#N. The normalized spacial score (nSPS) is 12.0. The van der Waals surface area contributed by atoms with Crippen LogP contribution in [0.2, 0.25) is 0 Å². The molecule has 0 spiro atoms. The van der Waals surface area contributed by atoms with Crippen LogP contribution < -0.4 is 0 Å². The van der Waals surface area contributed by atoms with E-state index in [0.29, 0.717) is 17.1 Å². The number of rotatable bonds is 2. The predicted molar refractivity (Wildman–Crippen MR) is 85.9 cm³/mol. The molecule has 0 radical (unpaired) electrons. The zero-order chi connectivity index (χ0) is 17.0. The fraction of sp³-hybridized carbons (Fsp3) is 0.263. The number of allylic oxidation sites excluding steroid dienone is 4. The Labute approximate surface area is 135 Å². The molecule has 4 nitrogen and oxygen atoms in total. The van der Waals surface area contributed by atoms with Gasteiger partial charge >= 0.3 is 0 Å². The van der Waals surface area contributed by atoms with E-state index in [2.05, 4.69) is 13.8 Å². The van der Waals surface area contributed by atoms with Gasteiger partial charge in [-0.1, -0.05) is 32.0 Å². The van der Waals surface area contributed by atoms with Crippen molar-refractivity contribution in [3.05, 3.63) is 46.0 Å². The average Bonchev–Trinajstić information content (AvgIpc) is 2.90. The minimum absolute atomic E-state index is 0.0400. The van der Waals surface area contributed by atoms with Crippen molar-refractivity contribution < 1.29 is 0 Å². The van der Waals surface area contributed by atoms with E-state index in [9.17, 15) is 21.0 Å². The van der Waals surface area contributed by atoms with Crippen LogP contribution in [0.25, 0.3) is 11.1 Å². The van der Waals surface area contributed by atoms with Crippen LogP contribution in [0.3, 0.4) is 0 Å². The molecule has 0 saturated carbocycles. The first-order valence-electron chi connectivity index (χ1n) is 7.26. The zero-order valence-electron chi connectivity index (χ0n) is 13.0. The third-order valence-corrected chi connectivity index (χ3v) is 3.81. The van der Waals surface area contributed by atoms with Crippen molar-refractivity contribution >= 4 is 11.1 Å². The van der Waals surface area contributed by atoms with E-state index < -0.39 is 0 Å². The van der Waals surface area contributed by atoms with Gasteiger partial charge in [-0.05, 0) is 40.2 Å². The van der Waals surface area contributed by atoms with Crippen LogP contribution in [0.4, 0.5) is 0 Å². The molecule has 4 heteroatoms. The number of benzene rings is 1. The quantitative estimate of drug-likeness (QED) is 0.774. The van der Waals surface area contributed by atoms with Crippen LogP contribution in [-0.4, -0.2) is 0 Å². The van der Waals surface area contributed by atoms with E-state index in [-0.39, 0.29) is 17.6 Å². The molecule has 0 saturated heterocycles. The largest absolute Gasteiger partial charge is 0.192 e. The molecule has 1 aliphatic rings. The maximum Gasteiger partial charge on any atom is 0.133 e. The van der Waals surface area contributed by atoms with Gasteiger partial charge in [0.05, 0.1) is 0 Å². The average molecular weight is 298 g/mol. The van der Waals surface area contributed by atoms with E-state index in [1.165, 1.54) is 0 Å². The first-order chi connectivity index (χ1) is 11.1. The summed E-state index contributed by atoms with van der Waals surface area (Å²) < 4.78 is 0. The fourth-order valence-electron chi connectivity index (χ4n) is 2.93. The van der Waals surface area contributed by atoms with Gasteiger partial charge in [0.2, 0.25) is 0 Å². The Morgan fingerprint density at radius 2 is 1.52 bits per heavy atom. The molecule has 23 heavy (non-hydrogen) atoms. The molecule has 0 bridgehead atoms. The van der Waals surface area contributed by atoms with Crippen molar-refractivity contribution in [2.75, 3.05) is 0 Å². The van der Waals surface area contributed by atoms with Crippen LogP contribution in [0.1, 0.15) is 37.0 Å². The first-order valence-corrected chi connectivity index (χ1v) is 7.26. The molecule has 1 aliphatic carbocycles. The van der Waals surface area contributed by atoms with Crippen LogP contribution >= 0.6 is 0 Å². The Morgan fingerprint density at radius 1 is 0.957 bits per heavy atom. The van der Waals surface area contributed by atoms with Gasteiger partial charge in [0.1, 0.15) is 35.4 Å². The maximum absolute atomic E-state index is 9.25. The third-order valence-electron chi connectivity index (χ3n) is 3.81. The second-order valence-corrected chi connectivity index (χ2v) is 5.77. The lowest BCUT2D eigenvalue weighted by atomic mass is 9.92. The summed E-state index contributed by atoms with van der Waals surface area (Å²) in [5.41, 5.74) is 4.00. The summed E-state index contributed by atoms with van der Waals surface area (Å²) in [6, 6.07) is 13.4. The lowest BCUT2D eigenvalue weighted by Crippen LogP contribution is -1.99. The fourth-order valence-corrected chi connectivity index (χ4v) is 2.93. The highest BCUT2D eigenvalue weighted by Crippen LogP contribution is 2.45. The first kappa shape index (κ1) is 16.0. The number of nitrogens with zero attached hydrogens (tertiary/aromatic N) is 4. The van der Waals surface area contributed by atoms with E-state index in [1.54, 1.807) is 0 Å². The number of hydrogen-bond donors (Lipinski definition) is 0. The van der Waals surface area contributed by atoms with Crippen molar-refractivity contribution in [3.63, 3.8) is 0 Å². The number of hydrogen-bond acceptors (Lipinski definition) is 4. The molecule has 1 aromatic carbocycles. The monoisotopic (exact) mass is 298 g/mol. The van der Waals surface area contributed by atoms with Gasteiger partial charge in [0.15, 0.2) is 0 Å². The summed E-state index contributed by atoms with van der Waals surface area (Å²) in [6.45, 7) is 4.19. The number of fused-ring (bicyclic) bond motifs is 1. The van der Waals surface area contributed by atoms with Crippen molar-refractivity contribution in [1.29, 1.82) is 21.0 Å². The van der Waals surface area contributed by atoms with Gasteiger partial charge in [0.25, 0.3) is 0 Å². The summed E-state index contributed by atoms with van der Waals surface area (Å²) in [7, 11) is 0. The summed E-state index contributed by atoms with van der Waals surface area (Å²) in [5.74, 6) is 0.412.